The van der Waals surface area contributed by atoms with Crippen molar-refractivity contribution in [3.8, 4) is 0 Å². The zero-order valence-corrected chi connectivity index (χ0v) is 11.9. The minimum absolute atomic E-state index is 0.285. The molecule has 1 aliphatic heterocycles. The molecular formula is C15H23FN2O2. The van der Waals surface area contributed by atoms with Crippen molar-refractivity contribution in [2.24, 2.45) is 0 Å². The first-order chi connectivity index (χ1) is 9.54. The Bertz CT molecular complexity index is 403. The van der Waals surface area contributed by atoms with Crippen LogP contribution in [0.2, 0.25) is 0 Å². The summed E-state index contributed by atoms with van der Waals surface area (Å²) in [5, 5.41) is 19.5. The molecule has 5 heteroatoms. The molecule has 0 aliphatic carbocycles. The summed E-state index contributed by atoms with van der Waals surface area (Å²) < 4.78 is 12.8. The van der Waals surface area contributed by atoms with Crippen molar-refractivity contribution in [1.29, 1.82) is 0 Å². The van der Waals surface area contributed by atoms with Gasteiger partial charge in [-0.3, -0.25) is 9.80 Å². The highest BCUT2D eigenvalue weighted by Crippen LogP contribution is 2.16. The van der Waals surface area contributed by atoms with E-state index in [1.165, 1.54) is 12.1 Å². The van der Waals surface area contributed by atoms with Crippen LogP contribution in [0.15, 0.2) is 24.3 Å². The largest absolute Gasteiger partial charge is 0.392 e. The smallest absolute Gasteiger partial charge is 0.123 e. The minimum Gasteiger partial charge on any atom is -0.392 e. The molecule has 1 aromatic carbocycles. The minimum atomic E-state index is -0.584. The summed E-state index contributed by atoms with van der Waals surface area (Å²) in [4.78, 5) is 4.43. The van der Waals surface area contributed by atoms with Crippen LogP contribution in [-0.4, -0.2) is 65.4 Å². The molecule has 20 heavy (non-hydrogen) atoms. The maximum Gasteiger partial charge on any atom is 0.123 e. The highest BCUT2D eigenvalue weighted by atomic mass is 19.1. The molecule has 1 heterocycles. The normalized spacial score (nSPS) is 20.8. The Morgan fingerprint density at radius 1 is 1.00 bits per heavy atom. The number of benzene rings is 1. The van der Waals surface area contributed by atoms with Crippen LogP contribution >= 0.6 is 0 Å². The van der Waals surface area contributed by atoms with Crippen molar-refractivity contribution in [3.05, 3.63) is 35.6 Å². The van der Waals surface area contributed by atoms with E-state index in [1.807, 2.05) is 0 Å². The summed E-state index contributed by atoms with van der Waals surface area (Å²) in [5.74, 6) is -0.285. The molecule has 0 unspecified atom stereocenters. The van der Waals surface area contributed by atoms with E-state index in [2.05, 4.69) is 9.80 Å². The molecule has 1 fully saturated rings. The van der Waals surface area contributed by atoms with Crippen molar-refractivity contribution in [1.82, 2.24) is 9.80 Å². The molecular weight excluding hydrogens is 259 g/mol. The van der Waals surface area contributed by atoms with E-state index in [4.69, 9.17) is 0 Å². The van der Waals surface area contributed by atoms with Gasteiger partial charge in [0.05, 0.1) is 12.2 Å². The maximum atomic E-state index is 12.8. The van der Waals surface area contributed by atoms with Crippen molar-refractivity contribution >= 4 is 0 Å². The second kappa shape index (κ2) is 7.13. The molecule has 0 bridgehead atoms. The van der Waals surface area contributed by atoms with E-state index in [0.717, 1.165) is 31.7 Å². The van der Waals surface area contributed by atoms with Crippen LogP contribution < -0.4 is 0 Å². The maximum absolute atomic E-state index is 12.8. The summed E-state index contributed by atoms with van der Waals surface area (Å²) >= 11 is 0. The van der Waals surface area contributed by atoms with Crippen LogP contribution in [0.5, 0.6) is 0 Å². The van der Waals surface area contributed by atoms with Gasteiger partial charge in [-0.25, -0.2) is 4.39 Å². The van der Waals surface area contributed by atoms with Crippen molar-refractivity contribution in [2.75, 3.05) is 39.3 Å². The van der Waals surface area contributed by atoms with Crippen molar-refractivity contribution < 1.29 is 14.6 Å². The van der Waals surface area contributed by atoms with E-state index in [9.17, 15) is 14.6 Å². The first kappa shape index (κ1) is 15.4. The van der Waals surface area contributed by atoms with Gasteiger partial charge in [0.25, 0.3) is 0 Å². The number of rotatable bonds is 5. The summed E-state index contributed by atoms with van der Waals surface area (Å²) in [6.07, 6.45) is -0.884. The topological polar surface area (TPSA) is 46.9 Å². The third-order valence-corrected chi connectivity index (χ3v) is 3.67. The van der Waals surface area contributed by atoms with E-state index in [0.29, 0.717) is 13.1 Å². The van der Waals surface area contributed by atoms with Crippen LogP contribution in [0, 0.1) is 5.82 Å². The van der Waals surface area contributed by atoms with Crippen LogP contribution in [0.25, 0.3) is 0 Å². The molecule has 112 valence electrons. The van der Waals surface area contributed by atoms with Crippen LogP contribution in [0.3, 0.4) is 0 Å². The lowest BCUT2D eigenvalue weighted by Gasteiger charge is -2.36. The molecule has 0 radical (unpaired) electrons. The monoisotopic (exact) mass is 282 g/mol. The lowest BCUT2D eigenvalue weighted by atomic mass is 10.1. The Labute approximate surface area is 119 Å². The molecule has 0 saturated carbocycles. The van der Waals surface area contributed by atoms with Gasteiger partial charge in [0.15, 0.2) is 0 Å². The zero-order valence-electron chi connectivity index (χ0n) is 11.9. The van der Waals surface area contributed by atoms with Gasteiger partial charge in [-0.05, 0) is 24.6 Å². The van der Waals surface area contributed by atoms with Crippen LogP contribution in [0.4, 0.5) is 4.39 Å². The highest BCUT2D eigenvalue weighted by Gasteiger charge is 2.20. The summed E-state index contributed by atoms with van der Waals surface area (Å²) in [5.41, 5.74) is 0.748. The summed E-state index contributed by atoms with van der Waals surface area (Å²) in [6.45, 7) is 6.63. The quantitative estimate of drug-likeness (QED) is 0.841. The molecule has 2 atom stereocenters. The Morgan fingerprint density at radius 2 is 1.50 bits per heavy atom. The molecule has 2 N–H and O–H groups in total. The fourth-order valence-electron chi connectivity index (χ4n) is 2.56. The number of hydrogen-bond acceptors (Lipinski definition) is 4. The molecule has 1 aromatic rings. The Balaban J connectivity index is 1.79. The molecule has 0 aromatic heterocycles. The average molecular weight is 282 g/mol. The standard InChI is InChI=1S/C15H23FN2O2/c1-12(19)10-17-6-8-18(9-7-17)11-15(20)13-2-4-14(16)5-3-13/h2-5,12,15,19-20H,6-11H2,1H3/t12-,15-/m1/s1. The molecule has 1 saturated heterocycles. The lowest BCUT2D eigenvalue weighted by molar-refractivity contribution is 0.0526. The van der Waals surface area contributed by atoms with E-state index < -0.39 is 6.10 Å². The Hall–Kier alpha value is -1.01. The summed E-state index contributed by atoms with van der Waals surface area (Å²) in [6, 6.07) is 6.01. The van der Waals surface area contributed by atoms with E-state index >= 15 is 0 Å². The second-order valence-electron chi connectivity index (χ2n) is 5.52. The molecule has 4 nitrogen and oxygen atoms in total. The van der Waals surface area contributed by atoms with Gasteiger partial charge in [-0.2, -0.15) is 0 Å². The Kier molecular flexibility index (Phi) is 5.48. The molecule has 2 rings (SSSR count). The van der Waals surface area contributed by atoms with E-state index in [-0.39, 0.29) is 11.9 Å². The van der Waals surface area contributed by atoms with Crippen molar-refractivity contribution in [2.45, 2.75) is 19.1 Å². The van der Waals surface area contributed by atoms with Crippen LogP contribution in [-0.2, 0) is 0 Å². The van der Waals surface area contributed by atoms with E-state index in [1.54, 1.807) is 19.1 Å². The van der Waals surface area contributed by atoms with Gasteiger partial charge < -0.3 is 10.2 Å². The molecule has 0 spiro atoms. The van der Waals surface area contributed by atoms with Gasteiger partial charge >= 0.3 is 0 Å². The number of β-amino-alcohol motifs (C(OH)–C–C–N with tert-alkyl or cyclic N) is 2. The number of nitrogens with zero attached hydrogens (tertiary/aromatic N) is 2. The number of aliphatic hydroxyl groups excluding tert-OH is 2. The van der Waals surface area contributed by atoms with Gasteiger partial charge in [-0.15, -0.1) is 0 Å². The SMILES string of the molecule is C[C@@H](O)CN1CCN(C[C@@H](O)c2ccc(F)cc2)CC1. The molecule has 1 aliphatic rings. The first-order valence-electron chi connectivity index (χ1n) is 7.11. The van der Waals surface area contributed by atoms with Gasteiger partial charge in [0, 0.05) is 39.3 Å². The number of aliphatic hydroxyl groups is 2. The first-order valence-corrected chi connectivity index (χ1v) is 7.11. The van der Waals surface area contributed by atoms with Gasteiger partial charge in [0.2, 0.25) is 0 Å². The average Bonchev–Trinajstić information content (AvgIpc) is 2.41. The number of hydrogen-bond donors (Lipinski definition) is 2. The number of halogens is 1. The zero-order chi connectivity index (χ0) is 14.5. The van der Waals surface area contributed by atoms with Crippen LogP contribution in [0.1, 0.15) is 18.6 Å². The lowest BCUT2D eigenvalue weighted by Crippen LogP contribution is -2.49. The third kappa shape index (κ3) is 4.52. The van der Waals surface area contributed by atoms with Crippen molar-refractivity contribution in [3.63, 3.8) is 0 Å². The third-order valence-electron chi connectivity index (χ3n) is 3.67. The highest BCUT2D eigenvalue weighted by molar-refractivity contribution is 5.18. The fraction of sp³-hybridized carbons (Fsp3) is 0.600. The van der Waals surface area contributed by atoms with Gasteiger partial charge in [-0.1, -0.05) is 12.1 Å². The fourth-order valence-corrected chi connectivity index (χ4v) is 2.56. The Morgan fingerprint density at radius 3 is 2.00 bits per heavy atom. The number of piperazine rings is 1. The summed E-state index contributed by atoms with van der Waals surface area (Å²) in [7, 11) is 0. The molecule has 0 amide bonds. The van der Waals surface area contributed by atoms with Gasteiger partial charge in [0.1, 0.15) is 5.82 Å². The predicted molar refractivity (Wildman–Crippen MR) is 75.9 cm³/mol. The predicted octanol–water partition coefficient (Wildman–Crippen LogP) is 0.857. The second-order valence-corrected chi connectivity index (χ2v) is 5.52.